The Morgan fingerprint density at radius 2 is 0.872 bits per heavy atom. The number of rotatable bonds is 2. The third-order valence-corrected chi connectivity index (χ3v) is 10.8. The summed E-state index contributed by atoms with van der Waals surface area (Å²) in [4.78, 5) is 0. The van der Waals surface area contributed by atoms with Gasteiger partial charge >= 0.3 is 0 Å². The Labute approximate surface area is 274 Å². The van der Waals surface area contributed by atoms with E-state index in [4.69, 9.17) is 0 Å². The van der Waals surface area contributed by atoms with Gasteiger partial charge < -0.3 is 0 Å². The standard InChI is InChI=1S/C47H32/c1-47(2)42-21-11-20-40(45(42)41-27-24-30-13-4-6-15-35(30)46(41)47)44-38-18-9-7-16-36(38)43(37-17-8-10-19-39(37)44)32-25-26-34-31(28-32)23-22-29-12-3-5-14-33(29)34/h3-28H,1-2H3. The van der Waals surface area contributed by atoms with Crippen molar-refractivity contribution in [3.05, 3.63) is 169 Å². The average Bonchev–Trinajstić information content (AvgIpc) is 3.37. The van der Waals surface area contributed by atoms with E-state index >= 15 is 0 Å². The zero-order valence-corrected chi connectivity index (χ0v) is 26.5. The van der Waals surface area contributed by atoms with Crippen LogP contribution in [0.3, 0.4) is 0 Å². The lowest BCUT2D eigenvalue weighted by Crippen LogP contribution is -2.15. The zero-order valence-electron chi connectivity index (χ0n) is 26.5. The molecule has 1 aliphatic carbocycles. The first kappa shape index (κ1) is 26.5. The molecule has 0 spiro atoms. The molecule has 0 saturated heterocycles. The molecular weight excluding hydrogens is 565 g/mol. The third-order valence-electron chi connectivity index (χ3n) is 10.8. The summed E-state index contributed by atoms with van der Waals surface area (Å²) in [5, 5.41) is 13.0. The predicted octanol–water partition coefficient (Wildman–Crippen LogP) is 13.1. The van der Waals surface area contributed by atoms with E-state index < -0.39 is 0 Å². The lowest BCUT2D eigenvalue weighted by Gasteiger charge is -2.23. The van der Waals surface area contributed by atoms with Crippen molar-refractivity contribution in [2.45, 2.75) is 19.3 Å². The van der Waals surface area contributed by atoms with Crippen molar-refractivity contribution in [2.24, 2.45) is 0 Å². The minimum Gasteiger partial charge on any atom is -0.0616 e. The first-order chi connectivity index (χ1) is 23.1. The van der Waals surface area contributed by atoms with Crippen molar-refractivity contribution in [1.29, 1.82) is 0 Å². The van der Waals surface area contributed by atoms with Gasteiger partial charge in [0.1, 0.15) is 0 Å². The zero-order chi connectivity index (χ0) is 31.3. The SMILES string of the molecule is CC1(C)c2cccc(-c3c4ccccc4c(-c4ccc5c(ccc6ccccc65)c4)c4ccccc34)c2-c2ccc3ccccc3c21. The minimum absolute atomic E-state index is 0.109. The molecule has 0 fully saturated rings. The predicted molar refractivity (Wildman–Crippen MR) is 202 cm³/mol. The van der Waals surface area contributed by atoms with Crippen molar-refractivity contribution < 1.29 is 0 Å². The lowest BCUT2D eigenvalue weighted by atomic mass is 9.79. The molecule has 0 bridgehead atoms. The van der Waals surface area contributed by atoms with Gasteiger partial charge in [-0.2, -0.15) is 0 Å². The van der Waals surface area contributed by atoms with Gasteiger partial charge in [0.05, 0.1) is 0 Å². The fourth-order valence-electron chi connectivity index (χ4n) is 8.76. The van der Waals surface area contributed by atoms with Crippen LogP contribution in [0.1, 0.15) is 25.0 Å². The smallest absolute Gasteiger partial charge is 0.0165 e. The summed E-state index contributed by atoms with van der Waals surface area (Å²) in [5.74, 6) is 0. The molecule has 0 aromatic heterocycles. The molecule has 9 aromatic rings. The molecule has 0 unspecified atom stereocenters. The van der Waals surface area contributed by atoms with E-state index in [2.05, 4.69) is 172 Å². The van der Waals surface area contributed by atoms with Crippen LogP contribution in [-0.2, 0) is 5.41 Å². The number of hydrogen-bond donors (Lipinski definition) is 0. The van der Waals surface area contributed by atoms with Gasteiger partial charge in [0, 0.05) is 5.41 Å². The second-order valence-electron chi connectivity index (χ2n) is 13.6. The summed E-state index contributed by atoms with van der Waals surface area (Å²) < 4.78 is 0. The van der Waals surface area contributed by atoms with Gasteiger partial charge in [-0.3, -0.25) is 0 Å². The van der Waals surface area contributed by atoms with Crippen molar-refractivity contribution in [3.63, 3.8) is 0 Å². The van der Waals surface area contributed by atoms with Crippen LogP contribution >= 0.6 is 0 Å². The summed E-state index contributed by atoms with van der Waals surface area (Å²) in [6.45, 7) is 4.80. The molecule has 0 N–H and O–H groups in total. The Morgan fingerprint density at radius 1 is 0.340 bits per heavy atom. The largest absolute Gasteiger partial charge is 0.0616 e. The van der Waals surface area contributed by atoms with E-state index in [1.165, 1.54) is 98.4 Å². The molecule has 47 heavy (non-hydrogen) atoms. The molecule has 0 radical (unpaired) electrons. The third kappa shape index (κ3) is 3.64. The van der Waals surface area contributed by atoms with Gasteiger partial charge in [0.15, 0.2) is 0 Å². The van der Waals surface area contributed by atoms with E-state index in [0.717, 1.165) is 0 Å². The first-order valence-electron chi connectivity index (χ1n) is 16.6. The second-order valence-corrected chi connectivity index (χ2v) is 13.6. The van der Waals surface area contributed by atoms with Crippen LogP contribution in [0.4, 0.5) is 0 Å². The second kappa shape index (κ2) is 9.64. The molecule has 0 atom stereocenters. The Bertz CT molecular complexity index is 2700. The van der Waals surface area contributed by atoms with Crippen LogP contribution < -0.4 is 0 Å². The molecule has 10 rings (SSSR count). The van der Waals surface area contributed by atoms with Gasteiger partial charge in [0.2, 0.25) is 0 Å². The Morgan fingerprint density at radius 3 is 1.57 bits per heavy atom. The van der Waals surface area contributed by atoms with Crippen molar-refractivity contribution >= 4 is 53.9 Å². The van der Waals surface area contributed by atoms with E-state index in [-0.39, 0.29) is 5.41 Å². The highest BCUT2D eigenvalue weighted by atomic mass is 14.4. The van der Waals surface area contributed by atoms with Crippen molar-refractivity contribution in [3.8, 4) is 33.4 Å². The molecule has 0 nitrogen and oxygen atoms in total. The van der Waals surface area contributed by atoms with Crippen molar-refractivity contribution in [1.82, 2.24) is 0 Å². The molecule has 0 saturated carbocycles. The number of hydrogen-bond acceptors (Lipinski definition) is 0. The van der Waals surface area contributed by atoms with Crippen LogP contribution in [-0.4, -0.2) is 0 Å². The molecule has 0 amide bonds. The van der Waals surface area contributed by atoms with Gasteiger partial charge in [0.25, 0.3) is 0 Å². The van der Waals surface area contributed by atoms with Gasteiger partial charge in [-0.05, 0) is 104 Å². The van der Waals surface area contributed by atoms with Crippen LogP contribution in [0.2, 0.25) is 0 Å². The van der Waals surface area contributed by atoms with Gasteiger partial charge in [-0.1, -0.05) is 166 Å². The maximum Gasteiger partial charge on any atom is 0.0165 e. The molecule has 1 aliphatic rings. The molecule has 0 heterocycles. The highest BCUT2D eigenvalue weighted by molar-refractivity contribution is 6.23. The van der Waals surface area contributed by atoms with Crippen LogP contribution in [0.25, 0.3) is 87.2 Å². The highest BCUT2D eigenvalue weighted by Gasteiger charge is 2.38. The van der Waals surface area contributed by atoms with Gasteiger partial charge in [-0.25, -0.2) is 0 Å². The molecule has 9 aromatic carbocycles. The molecule has 220 valence electrons. The summed E-state index contributed by atoms with van der Waals surface area (Å²) >= 11 is 0. The Kier molecular flexibility index (Phi) is 5.44. The first-order valence-corrected chi connectivity index (χ1v) is 16.6. The minimum atomic E-state index is -0.109. The van der Waals surface area contributed by atoms with Crippen LogP contribution in [0.15, 0.2) is 158 Å². The monoisotopic (exact) mass is 596 g/mol. The Hall–Kier alpha value is -5.72. The summed E-state index contributed by atoms with van der Waals surface area (Å²) in [5.41, 5.74) is 10.7. The Balaban J connectivity index is 1.29. The summed E-state index contributed by atoms with van der Waals surface area (Å²) in [7, 11) is 0. The van der Waals surface area contributed by atoms with E-state index in [0.29, 0.717) is 0 Å². The fourth-order valence-corrected chi connectivity index (χ4v) is 8.76. The van der Waals surface area contributed by atoms with E-state index in [1.807, 2.05) is 0 Å². The highest BCUT2D eigenvalue weighted by Crippen LogP contribution is 2.56. The quantitative estimate of drug-likeness (QED) is 0.138. The fraction of sp³-hybridized carbons (Fsp3) is 0.0638. The number of fused-ring (bicyclic) bond motifs is 10. The van der Waals surface area contributed by atoms with Crippen LogP contribution in [0.5, 0.6) is 0 Å². The normalized spacial score (nSPS) is 13.5. The van der Waals surface area contributed by atoms with E-state index in [1.54, 1.807) is 0 Å². The lowest BCUT2D eigenvalue weighted by molar-refractivity contribution is 0.666. The molecule has 0 heteroatoms. The summed E-state index contributed by atoms with van der Waals surface area (Å²) in [6.07, 6.45) is 0. The van der Waals surface area contributed by atoms with Crippen molar-refractivity contribution in [2.75, 3.05) is 0 Å². The average molecular weight is 597 g/mol. The maximum atomic E-state index is 2.40. The maximum absolute atomic E-state index is 2.40. The molecular formula is C47H32. The van der Waals surface area contributed by atoms with E-state index in [9.17, 15) is 0 Å². The molecule has 0 aliphatic heterocycles. The van der Waals surface area contributed by atoms with Gasteiger partial charge in [-0.15, -0.1) is 0 Å². The summed E-state index contributed by atoms with van der Waals surface area (Å²) in [6, 6.07) is 58.8. The van der Waals surface area contributed by atoms with Crippen LogP contribution in [0, 0.1) is 0 Å². The number of benzene rings is 9. The topological polar surface area (TPSA) is 0 Å².